The van der Waals surface area contributed by atoms with E-state index in [0.717, 1.165) is 55.6 Å². The average Bonchev–Trinajstić information content (AvgIpc) is 3.88. The molecule has 10 aromatic rings. The molecule has 4 nitrogen and oxygen atoms in total. The lowest BCUT2D eigenvalue weighted by atomic mass is 9.82. The van der Waals surface area contributed by atoms with Gasteiger partial charge in [-0.25, -0.2) is 4.98 Å². The van der Waals surface area contributed by atoms with Crippen LogP contribution < -0.4 is 4.90 Å². The second-order valence-electron chi connectivity index (χ2n) is 14.7. The molecule has 0 fully saturated rings. The Labute approximate surface area is 312 Å². The number of aromatic nitrogens is 1. The molecular formula is C50H34N2O2. The number of hydrogen-bond donors (Lipinski definition) is 0. The third-order valence-electron chi connectivity index (χ3n) is 11.3. The summed E-state index contributed by atoms with van der Waals surface area (Å²) in [6, 6.07) is 60.1. The van der Waals surface area contributed by atoms with Gasteiger partial charge in [-0.15, -0.1) is 0 Å². The number of anilines is 3. The Morgan fingerprint density at radius 2 is 1.19 bits per heavy atom. The number of hydrogen-bond acceptors (Lipinski definition) is 4. The maximum absolute atomic E-state index is 6.90. The largest absolute Gasteiger partial charge is 0.456 e. The van der Waals surface area contributed by atoms with E-state index >= 15 is 0 Å². The number of para-hydroxylation sites is 1. The van der Waals surface area contributed by atoms with Crippen molar-refractivity contribution in [2.24, 2.45) is 0 Å². The predicted octanol–water partition coefficient (Wildman–Crippen LogP) is 14.0. The summed E-state index contributed by atoms with van der Waals surface area (Å²) in [6.07, 6.45) is 0. The summed E-state index contributed by atoms with van der Waals surface area (Å²) in [5, 5.41) is 4.42. The Hall–Kier alpha value is -6.91. The van der Waals surface area contributed by atoms with Gasteiger partial charge in [-0.3, -0.25) is 0 Å². The van der Waals surface area contributed by atoms with Crippen molar-refractivity contribution in [2.45, 2.75) is 19.3 Å². The number of nitrogens with zero attached hydrogens (tertiary/aromatic N) is 2. The molecule has 0 N–H and O–H groups in total. The topological polar surface area (TPSA) is 42.4 Å². The zero-order valence-electron chi connectivity index (χ0n) is 29.9. The van der Waals surface area contributed by atoms with Crippen molar-refractivity contribution in [3.63, 3.8) is 0 Å². The van der Waals surface area contributed by atoms with Crippen molar-refractivity contribution >= 4 is 60.9 Å². The molecule has 0 bridgehead atoms. The van der Waals surface area contributed by atoms with Gasteiger partial charge in [0.05, 0.1) is 5.39 Å². The summed E-state index contributed by atoms with van der Waals surface area (Å²) in [4.78, 5) is 7.44. The van der Waals surface area contributed by atoms with Gasteiger partial charge in [-0.1, -0.05) is 135 Å². The van der Waals surface area contributed by atoms with E-state index in [1.807, 2.05) is 48.5 Å². The summed E-state index contributed by atoms with van der Waals surface area (Å²) >= 11 is 0. The van der Waals surface area contributed by atoms with Gasteiger partial charge in [0.25, 0.3) is 0 Å². The normalized spacial score (nSPS) is 13.1. The lowest BCUT2D eigenvalue weighted by molar-refractivity contribution is 0.620. The van der Waals surface area contributed by atoms with Gasteiger partial charge in [-0.05, 0) is 86.6 Å². The second kappa shape index (κ2) is 11.5. The predicted molar refractivity (Wildman–Crippen MR) is 222 cm³/mol. The molecule has 1 aliphatic rings. The monoisotopic (exact) mass is 694 g/mol. The van der Waals surface area contributed by atoms with Crippen LogP contribution in [0.25, 0.3) is 77.5 Å². The van der Waals surface area contributed by atoms with E-state index in [2.05, 4.69) is 140 Å². The van der Waals surface area contributed by atoms with Gasteiger partial charge in [0.1, 0.15) is 22.4 Å². The molecule has 0 spiro atoms. The molecule has 0 amide bonds. The summed E-state index contributed by atoms with van der Waals surface area (Å²) in [5.41, 5.74) is 14.2. The Bertz CT molecular complexity index is 3090. The molecule has 1 aliphatic carbocycles. The minimum atomic E-state index is -0.118. The number of furan rings is 1. The fourth-order valence-electron chi connectivity index (χ4n) is 8.71. The Kier molecular flexibility index (Phi) is 6.56. The van der Waals surface area contributed by atoms with Crippen LogP contribution in [0, 0.1) is 0 Å². The highest BCUT2D eigenvalue weighted by atomic mass is 16.4. The van der Waals surface area contributed by atoms with E-state index in [4.69, 9.17) is 13.8 Å². The van der Waals surface area contributed by atoms with Crippen LogP contribution in [0.15, 0.2) is 179 Å². The van der Waals surface area contributed by atoms with Crippen LogP contribution in [-0.2, 0) is 5.41 Å². The van der Waals surface area contributed by atoms with Crippen molar-refractivity contribution in [1.29, 1.82) is 0 Å². The van der Waals surface area contributed by atoms with Crippen LogP contribution in [0.2, 0.25) is 0 Å². The first-order chi connectivity index (χ1) is 26.5. The molecule has 4 heteroatoms. The first-order valence-electron chi connectivity index (χ1n) is 18.5. The van der Waals surface area contributed by atoms with Crippen molar-refractivity contribution in [2.75, 3.05) is 4.90 Å². The van der Waals surface area contributed by atoms with Crippen LogP contribution in [0.3, 0.4) is 0 Å². The molecule has 256 valence electrons. The molecule has 2 heterocycles. The Balaban J connectivity index is 1.24. The molecule has 0 saturated heterocycles. The van der Waals surface area contributed by atoms with Crippen LogP contribution in [0.4, 0.5) is 17.1 Å². The first-order valence-corrected chi connectivity index (χ1v) is 18.5. The highest BCUT2D eigenvalue weighted by Gasteiger charge is 2.36. The standard InChI is InChI=1S/C50H34N2O2/c1-50(2)41-24-10-8-21-38(41)40-29-35(26-27-42(40)50)52(34-19-12-18-33(28-34)37-23-13-17-31-14-6-7-20-36(31)37)47-46-39-22-9-11-25-44(39)53-45(46)30-43-48(47)54-49(51-43)32-15-4-3-5-16-32/h3-30H,1-2H3. The number of rotatable bonds is 5. The second-order valence-corrected chi connectivity index (χ2v) is 14.7. The van der Waals surface area contributed by atoms with E-state index in [0.29, 0.717) is 11.5 Å². The number of fused-ring (bicyclic) bond motifs is 8. The maximum Gasteiger partial charge on any atom is 0.227 e. The van der Waals surface area contributed by atoms with Gasteiger partial charge in [0.2, 0.25) is 5.89 Å². The van der Waals surface area contributed by atoms with E-state index in [1.165, 1.54) is 38.6 Å². The van der Waals surface area contributed by atoms with Crippen LogP contribution >= 0.6 is 0 Å². The zero-order valence-corrected chi connectivity index (χ0v) is 29.9. The highest BCUT2D eigenvalue weighted by Crippen LogP contribution is 2.53. The molecule has 2 aromatic heterocycles. The molecule has 0 radical (unpaired) electrons. The Morgan fingerprint density at radius 3 is 2.09 bits per heavy atom. The van der Waals surface area contributed by atoms with Gasteiger partial charge in [0.15, 0.2) is 5.58 Å². The number of benzene rings is 8. The smallest absolute Gasteiger partial charge is 0.227 e. The van der Waals surface area contributed by atoms with Crippen molar-refractivity contribution in [3.8, 4) is 33.7 Å². The first kappa shape index (κ1) is 30.7. The van der Waals surface area contributed by atoms with E-state index < -0.39 is 0 Å². The minimum Gasteiger partial charge on any atom is -0.456 e. The quantitative estimate of drug-likeness (QED) is 0.180. The van der Waals surface area contributed by atoms with Gasteiger partial charge < -0.3 is 13.7 Å². The lowest BCUT2D eigenvalue weighted by Crippen LogP contribution is -2.15. The van der Waals surface area contributed by atoms with E-state index in [-0.39, 0.29) is 5.41 Å². The Morgan fingerprint density at radius 1 is 0.500 bits per heavy atom. The molecule has 0 unspecified atom stereocenters. The van der Waals surface area contributed by atoms with Gasteiger partial charge >= 0.3 is 0 Å². The molecule has 0 saturated carbocycles. The summed E-state index contributed by atoms with van der Waals surface area (Å²) in [6.45, 7) is 4.65. The highest BCUT2D eigenvalue weighted by molar-refractivity contribution is 6.20. The van der Waals surface area contributed by atoms with E-state index in [1.54, 1.807) is 0 Å². The maximum atomic E-state index is 6.90. The van der Waals surface area contributed by atoms with Crippen LogP contribution in [0.1, 0.15) is 25.0 Å². The van der Waals surface area contributed by atoms with E-state index in [9.17, 15) is 0 Å². The van der Waals surface area contributed by atoms with Crippen LogP contribution in [0.5, 0.6) is 0 Å². The molecule has 54 heavy (non-hydrogen) atoms. The fraction of sp³-hybridized carbons (Fsp3) is 0.0600. The molecule has 8 aromatic carbocycles. The molecule has 0 aliphatic heterocycles. The van der Waals surface area contributed by atoms with Gasteiger partial charge in [0, 0.05) is 33.8 Å². The fourth-order valence-corrected chi connectivity index (χ4v) is 8.71. The minimum absolute atomic E-state index is 0.118. The third-order valence-corrected chi connectivity index (χ3v) is 11.3. The van der Waals surface area contributed by atoms with Gasteiger partial charge in [-0.2, -0.15) is 0 Å². The lowest BCUT2D eigenvalue weighted by Gasteiger charge is -2.28. The molecule has 0 atom stereocenters. The third kappa shape index (κ3) is 4.53. The number of oxazole rings is 1. The van der Waals surface area contributed by atoms with Crippen molar-refractivity contribution in [1.82, 2.24) is 4.98 Å². The summed E-state index contributed by atoms with van der Waals surface area (Å²) in [5.74, 6) is 0.567. The van der Waals surface area contributed by atoms with Crippen molar-refractivity contribution in [3.05, 3.63) is 181 Å². The average molecular weight is 695 g/mol. The van der Waals surface area contributed by atoms with Crippen molar-refractivity contribution < 1.29 is 8.83 Å². The molecular weight excluding hydrogens is 661 g/mol. The zero-order chi connectivity index (χ0) is 36.0. The molecule has 11 rings (SSSR count). The summed E-state index contributed by atoms with van der Waals surface area (Å²) in [7, 11) is 0. The summed E-state index contributed by atoms with van der Waals surface area (Å²) < 4.78 is 13.5. The SMILES string of the molecule is CC1(C)c2ccccc2-c2cc(N(c3cccc(-c4cccc5ccccc45)c3)c3c4oc(-c5ccccc5)nc4cc4oc5ccccc5c34)ccc21. The van der Waals surface area contributed by atoms with Crippen LogP contribution in [-0.4, -0.2) is 4.98 Å².